The third-order valence-electron chi connectivity index (χ3n) is 4.08. The minimum absolute atomic E-state index is 0.201. The first kappa shape index (κ1) is 13.6. The zero-order chi connectivity index (χ0) is 13.9. The molecule has 1 aliphatic heterocycles. The van der Waals surface area contributed by atoms with E-state index < -0.39 is 0 Å². The fourth-order valence-corrected chi connectivity index (χ4v) is 3.79. The van der Waals surface area contributed by atoms with Crippen molar-refractivity contribution in [2.24, 2.45) is 0 Å². The molecule has 0 aliphatic carbocycles. The van der Waals surface area contributed by atoms with E-state index in [4.69, 9.17) is 0 Å². The fraction of sp³-hybridized carbons (Fsp3) is 0.438. The van der Waals surface area contributed by atoms with Crippen LogP contribution in [-0.4, -0.2) is 29.9 Å². The highest BCUT2D eigenvalue weighted by atomic mass is 32.1. The molecule has 1 aromatic heterocycles. The standard InChI is InChI=1S/C16H20N2OS/c1-12(19)18-8-6-14(7-9-18)17-10-13-11-20-16-5-3-2-4-15(13)16/h2-5,11,14,17H,6-10H2,1H3. The first-order valence-corrected chi connectivity index (χ1v) is 8.06. The van der Waals surface area contributed by atoms with Crippen molar-refractivity contribution in [1.29, 1.82) is 0 Å². The van der Waals surface area contributed by atoms with Crippen LogP contribution in [0, 0.1) is 0 Å². The predicted octanol–water partition coefficient (Wildman–Crippen LogP) is 3.00. The lowest BCUT2D eigenvalue weighted by Gasteiger charge is -2.31. The van der Waals surface area contributed by atoms with Gasteiger partial charge in [0, 0.05) is 37.3 Å². The first-order valence-electron chi connectivity index (χ1n) is 7.18. The monoisotopic (exact) mass is 288 g/mol. The molecule has 1 aromatic carbocycles. The molecule has 106 valence electrons. The SMILES string of the molecule is CC(=O)N1CCC(NCc2csc3ccccc23)CC1. The number of nitrogens with one attached hydrogen (secondary N) is 1. The van der Waals surface area contributed by atoms with Gasteiger partial charge in [-0.1, -0.05) is 18.2 Å². The van der Waals surface area contributed by atoms with Crippen LogP contribution in [0.5, 0.6) is 0 Å². The van der Waals surface area contributed by atoms with E-state index in [1.165, 1.54) is 15.6 Å². The first-order chi connectivity index (χ1) is 9.74. The van der Waals surface area contributed by atoms with Crippen molar-refractivity contribution in [3.8, 4) is 0 Å². The van der Waals surface area contributed by atoms with Crippen molar-refractivity contribution in [2.45, 2.75) is 32.4 Å². The highest BCUT2D eigenvalue weighted by Gasteiger charge is 2.20. The molecule has 1 fully saturated rings. The summed E-state index contributed by atoms with van der Waals surface area (Å²) in [5.41, 5.74) is 1.39. The van der Waals surface area contributed by atoms with Crippen LogP contribution < -0.4 is 5.32 Å². The van der Waals surface area contributed by atoms with Gasteiger partial charge in [-0.2, -0.15) is 0 Å². The van der Waals surface area contributed by atoms with Crippen LogP contribution in [-0.2, 0) is 11.3 Å². The van der Waals surface area contributed by atoms with Gasteiger partial charge in [-0.15, -0.1) is 11.3 Å². The minimum atomic E-state index is 0.201. The summed E-state index contributed by atoms with van der Waals surface area (Å²) in [6.45, 7) is 4.36. The van der Waals surface area contributed by atoms with Crippen LogP contribution in [0.3, 0.4) is 0 Å². The smallest absolute Gasteiger partial charge is 0.219 e. The number of rotatable bonds is 3. The summed E-state index contributed by atoms with van der Waals surface area (Å²) in [4.78, 5) is 13.2. The van der Waals surface area contributed by atoms with Gasteiger partial charge in [-0.25, -0.2) is 0 Å². The van der Waals surface area contributed by atoms with Crippen LogP contribution in [0.15, 0.2) is 29.6 Å². The van der Waals surface area contributed by atoms with Gasteiger partial charge in [0.15, 0.2) is 0 Å². The highest BCUT2D eigenvalue weighted by molar-refractivity contribution is 7.17. The molecule has 0 spiro atoms. The van der Waals surface area contributed by atoms with Crippen molar-refractivity contribution in [2.75, 3.05) is 13.1 Å². The third-order valence-corrected chi connectivity index (χ3v) is 5.09. The molecule has 0 saturated carbocycles. The number of fused-ring (bicyclic) bond motifs is 1. The van der Waals surface area contributed by atoms with Gasteiger partial charge in [0.25, 0.3) is 0 Å². The normalized spacial score (nSPS) is 16.8. The molecule has 2 heterocycles. The number of thiophene rings is 1. The number of benzene rings is 1. The van der Waals surface area contributed by atoms with Gasteiger partial charge in [-0.05, 0) is 35.2 Å². The molecule has 0 unspecified atom stereocenters. The van der Waals surface area contributed by atoms with Crippen molar-refractivity contribution < 1.29 is 4.79 Å². The average Bonchev–Trinajstić information content (AvgIpc) is 2.89. The van der Waals surface area contributed by atoms with E-state index in [-0.39, 0.29) is 5.91 Å². The molecular formula is C16H20N2OS. The summed E-state index contributed by atoms with van der Waals surface area (Å²) < 4.78 is 1.36. The number of amides is 1. The second kappa shape index (κ2) is 5.94. The maximum atomic E-state index is 11.3. The van der Waals surface area contributed by atoms with Crippen LogP contribution in [0.2, 0.25) is 0 Å². The Morgan fingerprint density at radius 1 is 1.35 bits per heavy atom. The molecule has 1 saturated heterocycles. The third kappa shape index (κ3) is 2.86. The number of piperidine rings is 1. The van der Waals surface area contributed by atoms with E-state index in [9.17, 15) is 4.79 Å². The molecular weight excluding hydrogens is 268 g/mol. The van der Waals surface area contributed by atoms with E-state index >= 15 is 0 Å². The zero-order valence-electron chi connectivity index (χ0n) is 11.8. The van der Waals surface area contributed by atoms with Gasteiger partial charge < -0.3 is 10.2 Å². The lowest BCUT2D eigenvalue weighted by molar-refractivity contribution is -0.129. The Morgan fingerprint density at radius 2 is 2.10 bits per heavy atom. The second-order valence-corrected chi connectivity index (χ2v) is 6.33. The molecule has 3 nitrogen and oxygen atoms in total. The van der Waals surface area contributed by atoms with Crippen LogP contribution >= 0.6 is 11.3 Å². The topological polar surface area (TPSA) is 32.3 Å². The molecule has 0 radical (unpaired) electrons. The Bertz CT molecular complexity index is 599. The fourth-order valence-electron chi connectivity index (χ4n) is 2.82. The Kier molecular flexibility index (Phi) is 4.03. The summed E-state index contributed by atoms with van der Waals surface area (Å²) in [6.07, 6.45) is 2.11. The Balaban J connectivity index is 1.57. The van der Waals surface area contributed by atoms with Crippen molar-refractivity contribution in [3.05, 3.63) is 35.2 Å². The lowest BCUT2D eigenvalue weighted by atomic mass is 10.0. The molecule has 1 N–H and O–H groups in total. The number of nitrogens with zero attached hydrogens (tertiary/aromatic N) is 1. The lowest BCUT2D eigenvalue weighted by Crippen LogP contribution is -2.43. The van der Waals surface area contributed by atoms with Gasteiger partial charge in [0.2, 0.25) is 5.91 Å². The Hall–Kier alpha value is -1.39. The molecule has 0 atom stereocenters. The minimum Gasteiger partial charge on any atom is -0.343 e. The van der Waals surface area contributed by atoms with Crippen LogP contribution in [0.25, 0.3) is 10.1 Å². The van der Waals surface area contributed by atoms with Gasteiger partial charge in [0.1, 0.15) is 0 Å². The van der Waals surface area contributed by atoms with E-state index in [1.54, 1.807) is 6.92 Å². The average molecular weight is 288 g/mol. The largest absolute Gasteiger partial charge is 0.343 e. The molecule has 1 amide bonds. The van der Waals surface area contributed by atoms with E-state index in [2.05, 4.69) is 35.0 Å². The summed E-state index contributed by atoms with van der Waals surface area (Å²) in [7, 11) is 0. The molecule has 2 aromatic rings. The van der Waals surface area contributed by atoms with E-state index in [0.717, 1.165) is 32.5 Å². The number of carbonyl (C=O) groups excluding carboxylic acids is 1. The summed E-state index contributed by atoms with van der Waals surface area (Å²) in [6, 6.07) is 9.09. The highest BCUT2D eigenvalue weighted by Crippen LogP contribution is 2.25. The summed E-state index contributed by atoms with van der Waals surface area (Å²) in [5.74, 6) is 0.201. The molecule has 0 bridgehead atoms. The quantitative estimate of drug-likeness (QED) is 0.941. The Labute approximate surface area is 123 Å². The number of hydrogen-bond donors (Lipinski definition) is 1. The van der Waals surface area contributed by atoms with Gasteiger partial charge >= 0.3 is 0 Å². The summed E-state index contributed by atoms with van der Waals surface area (Å²) >= 11 is 1.81. The van der Waals surface area contributed by atoms with Crippen LogP contribution in [0.4, 0.5) is 0 Å². The maximum absolute atomic E-state index is 11.3. The van der Waals surface area contributed by atoms with Crippen molar-refractivity contribution in [3.63, 3.8) is 0 Å². The van der Waals surface area contributed by atoms with E-state index in [1.807, 2.05) is 16.2 Å². The van der Waals surface area contributed by atoms with Crippen molar-refractivity contribution >= 4 is 27.3 Å². The number of hydrogen-bond acceptors (Lipinski definition) is 3. The molecule has 1 aliphatic rings. The maximum Gasteiger partial charge on any atom is 0.219 e. The zero-order valence-corrected chi connectivity index (χ0v) is 12.6. The molecule has 20 heavy (non-hydrogen) atoms. The summed E-state index contributed by atoms with van der Waals surface area (Å²) in [5, 5.41) is 7.26. The number of likely N-dealkylation sites (tertiary alicyclic amines) is 1. The van der Waals surface area contributed by atoms with Gasteiger partial charge in [-0.3, -0.25) is 4.79 Å². The van der Waals surface area contributed by atoms with Gasteiger partial charge in [0.05, 0.1) is 0 Å². The Morgan fingerprint density at radius 3 is 2.85 bits per heavy atom. The van der Waals surface area contributed by atoms with E-state index in [0.29, 0.717) is 6.04 Å². The molecule has 3 rings (SSSR count). The second-order valence-electron chi connectivity index (χ2n) is 5.42. The predicted molar refractivity (Wildman–Crippen MR) is 83.9 cm³/mol. The molecule has 4 heteroatoms. The number of carbonyl (C=O) groups is 1. The van der Waals surface area contributed by atoms with Crippen LogP contribution in [0.1, 0.15) is 25.3 Å². The van der Waals surface area contributed by atoms with Crippen molar-refractivity contribution in [1.82, 2.24) is 10.2 Å².